The molecule has 0 aromatic heterocycles. The van der Waals surface area contributed by atoms with E-state index in [-0.39, 0.29) is 11.1 Å². The molecule has 1 aromatic rings. The molecule has 1 N–H and O–H groups in total. The number of hydrogen-bond acceptors (Lipinski definition) is 1. The Kier molecular flexibility index (Phi) is 3.19. The molecule has 0 heterocycles. The molecule has 0 saturated carbocycles. The SMILES string of the molecule is C=CC(O)c1ccc(C)c(C(F)(F)F)c1. The predicted molar refractivity (Wildman–Crippen MR) is 51.3 cm³/mol. The Morgan fingerprint density at radius 2 is 2.00 bits per heavy atom. The third-order valence-corrected chi connectivity index (χ3v) is 2.13. The van der Waals surface area contributed by atoms with Gasteiger partial charge in [-0.15, -0.1) is 6.58 Å². The number of rotatable bonds is 2. The molecule has 0 spiro atoms. The maximum absolute atomic E-state index is 12.5. The van der Waals surface area contributed by atoms with E-state index in [0.29, 0.717) is 0 Å². The van der Waals surface area contributed by atoms with Crippen molar-refractivity contribution < 1.29 is 18.3 Å². The normalized spacial score (nSPS) is 13.7. The molecule has 15 heavy (non-hydrogen) atoms. The van der Waals surface area contributed by atoms with Gasteiger partial charge in [0, 0.05) is 0 Å². The van der Waals surface area contributed by atoms with Crippen molar-refractivity contribution in [2.45, 2.75) is 19.2 Å². The van der Waals surface area contributed by atoms with Gasteiger partial charge in [-0.1, -0.05) is 18.2 Å². The number of benzene rings is 1. The highest BCUT2D eigenvalue weighted by molar-refractivity contribution is 5.35. The highest BCUT2D eigenvalue weighted by atomic mass is 19.4. The van der Waals surface area contributed by atoms with Crippen LogP contribution in [0.25, 0.3) is 0 Å². The van der Waals surface area contributed by atoms with Crippen LogP contribution in [0, 0.1) is 6.92 Å². The van der Waals surface area contributed by atoms with Crippen LogP contribution in [0.3, 0.4) is 0 Å². The van der Waals surface area contributed by atoms with Gasteiger partial charge in [-0.3, -0.25) is 0 Å². The molecular weight excluding hydrogens is 205 g/mol. The number of aliphatic hydroxyl groups excluding tert-OH is 1. The minimum Gasteiger partial charge on any atom is -0.384 e. The summed E-state index contributed by atoms with van der Waals surface area (Å²) in [5.41, 5.74) is -0.383. The van der Waals surface area contributed by atoms with Crippen molar-refractivity contribution in [3.05, 3.63) is 47.5 Å². The zero-order valence-electron chi connectivity index (χ0n) is 8.17. The van der Waals surface area contributed by atoms with Crippen molar-refractivity contribution in [1.29, 1.82) is 0 Å². The fraction of sp³-hybridized carbons (Fsp3) is 0.273. The van der Waals surface area contributed by atoms with Gasteiger partial charge in [0.2, 0.25) is 0 Å². The zero-order valence-corrected chi connectivity index (χ0v) is 8.17. The van der Waals surface area contributed by atoms with Crippen molar-refractivity contribution >= 4 is 0 Å². The van der Waals surface area contributed by atoms with E-state index in [2.05, 4.69) is 6.58 Å². The van der Waals surface area contributed by atoms with Crippen LogP contribution in [0.4, 0.5) is 13.2 Å². The maximum atomic E-state index is 12.5. The molecule has 1 aromatic carbocycles. The lowest BCUT2D eigenvalue weighted by Crippen LogP contribution is -2.08. The Balaban J connectivity index is 3.22. The van der Waals surface area contributed by atoms with Crippen LogP contribution >= 0.6 is 0 Å². The highest BCUT2D eigenvalue weighted by Gasteiger charge is 2.32. The molecule has 4 heteroatoms. The van der Waals surface area contributed by atoms with E-state index in [1.54, 1.807) is 0 Å². The van der Waals surface area contributed by atoms with E-state index < -0.39 is 17.8 Å². The van der Waals surface area contributed by atoms with Crippen LogP contribution in [0.2, 0.25) is 0 Å². The van der Waals surface area contributed by atoms with Crippen molar-refractivity contribution in [2.24, 2.45) is 0 Å². The molecule has 0 amide bonds. The van der Waals surface area contributed by atoms with Gasteiger partial charge in [0.1, 0.15) is 0 Å². The zero-order chi connectivity index (χ0) is 11.6. The summed E-state index contributed by atoms with van der Waals surface area (Å²) >= 11 is 0. The summed E-state index contributed by atoms with van der Waals surface area (Å²) in [6, 6.07) is 3.74. The summed E-state index contributed by atoms with van der Waals surface area (Å²) in [6.45, 7) is 4.70. The van der Waals surface area contributed by atoms with Crippen molar-refractivity contribution in [1.82, 2.24) is 0 Å². The van der Waals surface area contributed by atoms with Crippen molar-refractivity contribution in [2.75, 3.05) is 0 Å². The van der Waals surface area contributed by atoms with Crippen molar-refractivity contribution in [3.8, 4) is 0 Å². The minimum atomic E-state index is -4.39. The summed E-state index contributed by atoms with van der Waals surface area (Å²) in [5.74, 6) is 0. The second-order valence-corrected chi connectivity index (χ2v) is 3.25. The maximum Gasteiger partial charge on any atom is 0.416 e. The topological polar surface area (TPSA) is 20.2 Å². The van der Waals surface area contributed by atoms with Gasteiger partial charge < -0.3 is 5.11 Å². The summed E-state index contributed by atoms with van der Waals surface area (Å²) in [7, 11) is 0. The van der Waals surface area contributed by atoms with E-state index in [1.165, 1.54) is 25.1 Å². The molecule has 0 aliphatic heterocycles. The van der Waals surface area contributed by atoms with E-state index >= 15 is 0 Å². The number of alkyl halides is 3. The summed E-state index contributed by atoms with van der Waals surface area (Å²) in [5, 5.41) is 9.32. The molecule has 0 radical (unpaired) electrons. The second-order valence-electron chi connectivity index (χ2n) is 3.25. The van der Waals surface area contributed by atoms with E-state index in [0.717, 1.165) is 6.07 Å². The molecular formula is C11H11F3O. The fourth-order valence-electron chi connectivity index (χ4n) is 1.27. The number of hydrogen-bond donors (Lipinski definition) is 1. The molecule has 1 atom stereocenters. The molecule has 0 aliphatic carbocycles. The van der Waals surface area contributed by atoms with Gasteiger partial charge in [-0.2, -0.15) is 13.2 Å². The first-order valence-corrected chi connectivity index (χ1v) is 4.34. The van der Waals surface area contributed by atoms with Gasteiger partial charge in [0.15, 0.2) is 0 Å². The monoisotopic (exact) mass is 216 g/mol. The van der Waals surface area contributed by atoms with Crippen molar-refractivity contribution in [3.63, 3.8) is 0 Å². The number of aryl methyl sites for hydroxylation is 1. The van der Waals surface area contributed by atoms with Crippen LogP contribution in [-0.2, 0) is 6.18 Å². The molecule has 0 bridgehead atoms. The van der Waals surface area contributed by atoms with E-state index in [9.17, 15) is 18.3 Å². The Morgan fingerprint density at radius 1 is 1.40 bits per heavy atom. The standard InChI is InChI=1S/C11H11F3O/c1-3-10(15)8-5-4-7(2)9(6-8)11(12,13)14/h3-6,10,15H,1H2,2H3. The van der Waals surface area contributed by atoms with Gasteiger partial charge in [0.05, 0.1) is 11.7 Å². The molecule has 0 fully saturated rings. The molecule has 0 saturated heterocycles. The lowest BCUT2D eigenvalue weighted by Gasteiger charge is -2.13. The van der Waals surface area contributed by atoms with Gasteiger partial charge in [-0.05, 0) is 24.1 Å². The van der Waals surface area contributed by atoms with Gasteiger partial charge >= 0.3 is 6.18 Å². The number of aliphatic hydroxyl groups is 1. The first-order valence-electron chi connectivity index (χ1n) is 4.34. The van der Waals surface area contributed by atoms with E-state index in [4.69, 9.17) is 0 Å². The average molecular weight is 216 g/mol. The smallest absolute Gasteiger partial charge is 0.384 e. The second kappa shape index (κ2) is 4.06. The first kappa shape index (κ1) is 11.8. The van der Waals surface area contributed by atoms with Crippen LogP contribution < -0.4 is 0 Å². The van der Waals surface area contributed by atoms with Crippen LogP contribution in [0.5, 0.6) is 0 Å². The molecule has 82 valence electrons. The fourth-order valence-corrected chi connectivity index (χ4v) is 1.27. The molecule has 1 unspecified atom stereocenters. The summed E-state index contributed by atoms with van der Waals surface area (Å²) in [6.07, 6.45) is -4.27. The summed E-state index contributed by atoms with van der Waals surface area (Å²) in [4.78, 5) is 0. The lowest BCUT2D eigenvalue weighted by molar-refractivity contribution is -0.138. The van der Waals surface area contributed by atoms with E-state index in [1.807, 2.05) is 0 Å². The largest absolute Gasteiger partial charge is 0.416 e. The predicted octanol–water partition coefficient (Wildman–Crippen LogP) is 3.23. The Labute approximate surface area is 85.9 Å². The van der Waals surface area contributed by atoms with Crippen LogP contribution in [0.15, 0.2) is 30.9 Å². The Morgan fingerprint density at radius 3 is 2.47 bits per heavy atom. The first-order chi connectivity index (χ1) is 6.86. The quantitative estimate of drug-likeness (QED) is 0.752. The number of halogens is 3. The van der Waals surface area contributed by atoms with Gasteiger partial charge in [-0.25, -0.2) is 0 Å². The molecule has 1 rings (SSSR count). The van der Waals surface area contributed by atoms with Crippen LogP contribution in [-0.4, -0.2) is 5.11 Å². The average Bonchev–Trinajstić information content (AvgIpc) is 2.15. The Bertz CT molecular complexity index is 369. The van der Waals surface area contributed by atoms with Gasteiger partial charge in [0.25, 0.3) is 0 Å². The highest BCUT2D eigenvalue weighted by Crippen LogP contribution is 2.33. The molecule has 0 aliphatic rings. The Hall–Kier alpha value is -1.29. The lowest BCUT2D eigenvalue weighted by atomic mass is 10.0. The third kappa shape index (κ3) is 2.59. The summed E-state index contributed by atoms with van der Waals surface area (Å²) < 4.78 is 37.5. The van der Waals surface area contributed by atoms with Crippen LogP contribution in [0.1, 0.15) is 22.8 Å². The third-order valence-electron chi connectivity index (χ3n) is 2.13. The minimum absolute atomic E-state index is 0.141. The molecule has 1 nitrogen and oxygen atoms in total.